The minimum atomic E-state index is 0.740. The molecule has 0 N–H and O–H groups in total. The topological polar surface area (TPSA) is 59.3 Å². The summed E-state index contributed by atoms with van der Waals surface area (Å²) in [4.78, 5) is 16.4. The second-order valence-corrected chi connectivity index (χ2v) is 6.96. The minimum Gasteiger partial charge on any atom is -0.367 e. The lowest BCUT2D eigenvalue weighted by atomic mass is 10.1. The van der Waals surface area contributed by atoms with E-state index in [1.807, 2.05) is 31.2 Å². The number of rotatable bonds is 3. The third-order valence-electron chi connectivity index (χ3n) is 5.19. The van der Waals surface area contributed by atoms with Crippen LogP contribution in [0.4, 0.5) is 17.5 Å². The zero-order chi connectivity index (χ0) is 17.9. The normalized spacial score (nSPS) is 17.5. The largest absolute Gasteiger partial charge is 0.367 e. The van der Waals surface area contributed by atoms with Gasteiger partial charge in [0.1, 0.15) is 11.9 Å². The predicted molar refractivity (Wildman–Crippen MR) is 104 cm³/mol. The summed E-state index contributed by atoms with van der Waals surface area (Å²) >= 11 is 0. The molecule has 2 aliphatic heterocycles. The van der Waals surface area contributed by atoms with E-state index >= 15 is 0 Å². The maximum atomic E-state index is 9.33. The molecule has 0 aliphatic carbocycles. The molecule has 6 nitrogen and oxygen atoms in total. The van der Waals surface area contributed by atoms with Gasteiger partial charge in [-0.1, -0.05) is 12.1 Å². The molecule has 3 heterocycles. The Kier molecular flexibility index (Phi) is 4.61. The van der Waals surface area contributed by atoms with Gasteiger partial charge in [-0.15, -0.1) is 0 Å². The van der Waals surface area contributed by atoms with Crippen LogP contribution in [0.15, 0.2) is 30.3 Å². The first-order valence-electron chi connectivity index (χ1n) is 9.34. The Labute approximate surface area is 154 Å². The summed E-state index contributed by atoms with van der Waals surface area (Å²) in [6, 6.07) is 12.2. The summed E-state index contributed by atoms with van der Waals surface area (Å²) in [6.07, 6.45) is 2.49. The second kappa shape index (κ2) is 7.20. The van der Waals surface area contributed by atoms with Gasteiger partial charge in [-0.25, -0.2) is 4.98 Å². The van der Waals surface area contributed by atoms with Gasteiger partial charge in [0.05, 0.1) is 11.3 Å². The number of hydrogen-bond acceptors (Lipinski definition) is 6. The van der Waals surface area contributed by atoms with Crippen molar-refractivity contribution in [3.63, 3.8) is 0 Å². The van der Waals surface area contributed by atoms with Gasteiger partial charge in [0, 0.05) is 51.0 Å². The van der Waals surface area contributed by atoms with Crippen LogP contribution in [0.3, 0.4) is 0 Å². The van der Waals surface area contributed by atoms with Crippen LogP contribution in [0, 0.1) is 18.3 Å². The van der Waals surface area contributed by atoms with Gasteiger partial charge >= 0.3 is 0 Å². The molecule has 134 valence electrons. The fraction of sp³-hybridized carbons (Fsp3) is 0.450. The van der Waals surface area contributed by atoms with Crippen LogP contribution in [0.25, 0.3) is 0 Å². The minimum absolute atomic E-state index is 0.740. The van der Waals surface area contributed by atoms with Gasteiger partial charge in [0.2, 0.25) is 5.95 Å². The van der Waals surface area contributed by atoms with E-state index in [4.69, 9.17) is 4.98 Å². The number of hydrogen-bond donors (Lipinski definition) is 0. The summed E-state index contributed by atoms with van der Waals surface area (Å²) in [7, 11) is 0. The van der Waals surface area contributed by atoms with Gasteiger partial charge in [-0.2, -0.15) is 10.2 Å². The third kappa shape index (κ3) is 3.30. The van der Waals surface area contributed by atoms with Crippen LogP contribution in [0.5, 0.6) is 0 Å². The first kappa shape index (κ1) is 16.6. The maximum absolute atomic E-state index is 9.33. The summed E-state index contributed by atoms with van der Waals surface area (Å²) < 4.78 is 0. The highest BCUT2D eigenvalue weighted by Gasteiger charge is 2.22. The van der Waals surface area contributed by atoms with Gasteiger partial charge in [-0.05, 0) is 31.9 Å². The van der Waals surface area contributed by atoms with Crippen LogP contribution < -0.4 is 14.7 Å². The second-order valence-electron chi connectivity index (χ2n) is 6.96. The zero-order valence-corrected chi connectivity index (χ0v) is 15.2. The predicted octanol–water partition coefficient (Wildman–Crippen LogP) is 2.58. The SMILES string of the molecule is Cc1cc(N2CCCC2)nc(N2CCN(c3ccccc3C#N)CC2)n1. The fourth-order valence-corrected chi connectivity index (χ4v) is 3.78. The van der Waals surface area contributed by atoms with Gasteiger partial charge in [0.25, 0.3) is 0 Å². The molecule has 2 saturated heterocycles. The molecule has 0 bridgehead atoms. The molecule has 2 aliphatic rings. The van der Waals surface area contributed by atoms with Crippen molar-refractivity contribution in [3.05, 3.63) is 41.6 Å². The van der Waals surface area contributed by atoms with Gasteiger partial charge < -0.3 is 14.7 Å². The van der Waals surface area contributed by atoms with Crippen LogP contribution in [-0.2, 0) is 0 Å². The number of nitriles is 1. The number of para-hydroxylation sites is 1. The van der Waals surface area contributed by atoms with E-state index in [0.717, 1.165) is 68.0 Å². The monoisotopic (exact) mass is 348 g/mol. The molecule has 1 aromatic carbocycles. The Balaban J connectivity index is 1.49. The lowest BCUT2D eigenvalue weighted by Crippen LogP contribution is -2.47. The number of piperazine rings is 1. The summed E-state index contributed by atoms with van der Waals surface area (Å²) in [5, 5.41) is 9.33. The average molecular weight is 348 g/mol. The smallest absolute Gasteiger partial charge is 0.227 e. The first-order chi connectivity index (χ1) is 12.7. The van der Waals surface area contributed by atoms with Crippen molar-refractivity contribution < 1.29 is 0 Å². The van der Waals surface area contributed by atoms with E-state index in [2.05, 4.69) is 31.8 Å². The van der Waals surface area contributed by atoms with E-state index in [1.54, 1.807) is 0 Å². The molecule has 6 heteroatoms. The molecule has 1 aromatic heterocycles. The fourth-order valence-electron chi connectivity index (χ4n) is 3.78. The van der Waals surface area contributed by atoms with E-state index in [1.165, 1.54) is 12.8 Å². The standard InChI is InChI=1S/C20H24N6/c1-16-14-19(25-8-4-5-9-25)23-20(22-16)26-12-10-24(11-13-26)18-7-3-2-6-17(18)15-21/h2-3,6-7,14H,4-5,8-13H2,1H3. The Morgan fingerprint density at radius 1 is 0.885 bits per heavy atom. The molecule has 0 atom stereocenters. The highest BCUT2D eigenvalue weighted by Crippen LogP contribution is 2.24. The van der Waals surface area contributed by atoms with E-state index < -0.39 is 0 Å². The van der Waals surface area contributed by atoms with Crippen molar-refractivity contribution in [2.75, 3.05) is 54.0 Å². The van der Waals surface area contributed by atoms with Crippen molar-refractivity contribution in [3.8, 4) is 6.07 Å². The summed E-state index contributed by atoms with van der Waals surface area (Å²) in [5.74, 6) is 1.89. The van der Waals surface area contributed by atoms with Crippen molar-refractivity contribution in [2.45, 2.75) is 19.8 Å². The Hall–Kier alpha value is -2.81. The lowest BCUT2D eigenvalue weighted by Gasteiger charge is -2.36. The highest BCUT2D eigenvalue weighted by atomic mass is 15.3. The van der Waals surface area contributed by atoms with Crippen molar-refractivity contribution in [2.24, 2.45) is 0 Å². The molecular formula is C20H24N6. The van der Waals surface area contributed by atoms with Crippen molar-refractivity contribution >= 4 is 17.5 Å². The van der Waals surface area contributed by atoms with Crippen LogP contribution in [-0.4, -0.2) is 49.2 Å². The zero-order valence-electron chi connectivity index (χ0n) is 15.2. The third-order valence-corrected chi connectivity index (χ3v) is 5.19. The Morgan fingerprint density at radius 3 is 2.31 bits per heavy atom. The Bertz CT molecular complexity index is 813. The summed E-state index contributed by atoms with van der Waals surface area (Å²) in [5.41, 5.74) is 2.79. The van der Waals surface area contributed by atoms with Gasteiger partial charge in [-0.3, -0.25) is 0 Å². The quantitative estimate of drug-likeness (QED) is 0.850. The van der Waals surface area contributed by atoms with E-state index in [-0.39, 0.29) is 0 Å². The molecule has 2 fully saturated rings. The number of aromatic nitrogens is 2. The van der Waals surface area contributed by atoms with E-state index in [0.29, 0.717) is 0 Å². The van der Waals surface area contributed by atoms with Gasteiger partial charge in [0.15, 0.2) is 0 Å². The molecule has 0 spiro atoms. The molecule has 0 saturated carbocycles. The maximum Gasteiger partial charge on any atom is 0.227 e. The van der Waals surface area contributed by atoms with Crippen molar-refractivity contribution in [1.82, 2.24) is 9.97 Å². The number of benzene rings is 1. The molecular weight excluding hydrogens is 324 g/mol. The van der Waals surface area contributed by atoms with Crippen LogP contribution in [0.2, 0.25) is 0 Å². The lowest BCUT2D eigenvalue weighted by molar-refractivity contribution is 0.638. The van der Waals surface area contributed by atoms with Crippen molar-refractivity contribution in [1.29, 1.82) is 5.26 Å². The molecule has 0 radical (unpaired) electrons. The number of anilines is 3. The molecule has 2 aromatic rings. The highest BCUT2D eigenvalue weighted by molar-refractivity contribution is 5.60. The number of nitrogens with zero attached hydrogens (tertiary/aromatic N) is 6. The first-order valence-corrected chi connectivity index (χ1v) is 9.34. The molecule has 4 rings (SSSR count). The number of aryl methyl sites for hydroxylation is 1. The summed E-state index contributed by atoms with van der Waals surface area (Å²) in [6.45, 7) is 7.70. The molecule has 0 amide bonds. The Morgan fingerprint density at radius 2 is 1.58 bits per heavy atom. The van der Waals surface area contributed by atoms with Crippen LogP contribution in [0.1, 0.15) is 24.1 Å². The molecule has 26 heavy (non-hydrogen) atoms. The van der Waals surface area contributed by atoms with E-state index in [9.17, 15) is 5.26 Å². The van der Waals surface area contributed by atoms with Crippen LogP contribution >= 0.6 is 0 Å². The molecule has 0 unspecified atom stereocenters. The average Bonchev–Trinajstić information content (AvgIpc) is 3.22.